The van der Waals surface area contributed by atoms with E-state index in [1.807, 2.05) is 0 Å². The highest BCUT2D eigenvalue weighted by Crippen LogP contribution is 2.24. The molecule has 1 saturated carbocycles. The summed E-state index contributed by atoms with van der Waals surface area (Å²) in [6, 6.07) is 4.65. The van der Waals surface area contributed by atoms with E-state index < -0.39 is 5.95 Å². The Labute approximate surface area is 105 Å². The third kappa shape index (κ3) is 2.83. The van der Waals surface area contributed by atoms with Crippen LogP contribution in [0.25, 0.3) is 0 Å². The summed E-state index contributed by atoms with van der Waals surface area (Å²) in [7, 11) is 0. The van der Waals surface area contributed by atoms with Gasteiger partial charge in [0.15, 0.2) is 0 Å². The van der Waals surface area contributed by atoms with Gasteiger partial charge in [0.25, 0.3) is 5.91 Å². The molecule has 4 nitrogen and oxygen atoms in total. The Bertz CT molecular complexity index is 483. The quantitative estimate of drug-likeness (QED) is 0.813. The molecule has 0 aliphatic heterocycles. The van der Waals surface area contributed by atoms with Gasteiger partial charge < -0.3 is 5.32 Å². The normalized spacial score (nSPS) is 23.1. The van der Waals surface area contributed by atoms with Crippen molar-refractivity contribution in [3.8, 4) is 6.07 Å². The summed E-state index contributed by atoms with van der Waals surface area (Å²) in [5, 5.41) is 11.8. The van der Waals surface area contributed by atoms with Crippen molar-refractivity contribution in [1.29, 1.82) is 5.26 Å². The number of nitrogens with zero attached hydrogens (tertiary/aromatic N) is 2. The van der Waals surface area contributed by atoms with Crippen molar-refractivity contribution in [3.63, 3.8) is 0 Å². The molecular formula is C13H14FN3O. The van der Waals surface area contributed by atoms with Gasteiger partial charge in [-0.1, -0.05) is 12.8 Å². The SMILES string of the molecule is N#C[C@@H]1CCCC[C@H]1NC(=O)c1ccnc(F)c1. The van der Waals surface area contributed by atoms with E-state index >= 15 is 0 Å². The Kier molecular flexibility index (Phi) is 3.88. The Hall–Kier alpha value is -1.96. The first-order valence-electron chi connectivity index (χ1n) is 6.03. The first-order valence-corrected chi connectivity index (χ1v) is 6.03. The Morgan fingerprint density at radius 2 is 2.28 bits per heavy atom. The molecular weight excluding hydrogens is 233 g/mol. The molecule has 0 bridgehead atoms. The maximum absolute atomic E-state index is 12.9. The van der Waals surface area contributed by atoms with Crippen LogP contribution < -0.4 is 5.32 Å². The number of hydrogen-bond acceptors (Lipinski definition) is 3. The van der Waals surface area contributed by atoms with E-state index in [2.05, 4.69) is 16.4 Å². The van der Waals surface area contributed by atoms with Crippen molar-refractivity contribution in [3.05, 3.63) is 29.8 Å². The number of amides is 1. The second kappa shape index (κ2) is 5.58. The standard InChI is InChI=1S/C13H14FN3O/c14-12-7-9(5-6-16-12)13(18)17-11-4-2-1-3-10(11)8-15/h5-7,10-11H,1-4H2,(H,17,18)/t10-,11+/m0/s1. The zero-order valence-corrected chi connectivity index (χ0v) is 9.90. The molecule has 94 valence electrons. The van der Waals surface area contributed by atoms with Crippen LogP contribution in [0.15, 0.2) is 18.3 Å². The van der Waals surface area contributed by atoms with Crippen LogP contribution in [0.1, 0.15) is 36.0 Å². The van der Waals surface area contributed by atoms with Crippen LogP contribution in [0.4, 0.5) is 4.39 Å². The van der Waals surface area contributed by atoms with E-state index in [1.165, 1.54) is 12.3 Å². The van der Waals surface area contributed by atoms with Crippen LogP contribution >= 0.6 is 0 Å². The average molecular weight is 247 g/mol. The molecule has 1 amide bonds. The fourth-order valence-corrected chi connectivity index (χ4v) is 2.25. The first kappa shape index (κ1) is 12.5. The van der Waals surface area contributed by atoms with Crippen LogP contribution in [0.2, 0.25) is 0 Å². The molecule has 1 aliphatic rings. The molecule has 1 aliphatic carbocycles. The van der Waals surface area contributed by atoms with Crippen molar-refractivity contribution < 1.29 is 9.18 Å². The van der Waals surface area contributed by atoms with E-state index in [0.717, 1.165) is 31.7 Å². The molecule has 1 heterocycles. The number of nitriles is 1. The van der Waals surface area contributed by atoms with E-state index in [4.69, 9.17) is 5.26 Å². The van der Waals surface area contributed by atoms with Gasteiger partial charge in [-0.15, -0.1) is 0 Å². The minimum absolute atomic E-state index is 0.132. The third-order valence-corrected chi connectivity index (χ3v) is 3.24. The molecule has 1 N–H and O–H groups in total. The van der Waals surface area contributed by atoms with Crippen LogP contribution in [-0.4, -0.2) is 16.9 Å². The molecule has 1 fully saturated rings. The van der Waals surface area contributed by atoms with Gasteiger partial charge in [0.05, 0.1) is 12.0 Å². The summed E-state index contributed by atoms with van der Waals surface area (Å²) in [6.07, 6.45) is 4.90. The predicted octanol–water partition coefficient (Wildman–Crippen LogP) is 2.03. The van der Waals surface area contributed by atoms with Crippen LogP contribution in [0, 0.1) is 23.2 Å². The minimum atomic E-state index is -0.678. The first-order chi connectivity index (χ1) is 8.70. The molecule has 0 spiro atoms. The fraction of sp³-hybridized carbons (Fsp3) is 0.462. The Morgan fingerprint density at radius 1 is 1.50 bits per heavy atom. The zero-order chi connectivity index (χ0) is 13.0. The number of aromatic nitrogens is 1. The molecule has 0 aromatic carbocycles. The van der Waals surface area contributed by atoms with Crippen molar-refractivity contribution in [2.24, 2.45) is 5.92 Å². The number of hydrogen-bond donors (Lipinski definition) is 1. The molecule has 5 heteroatoms. The monoisotopic (exact) mass is 247 g/mol. The van der Waals surface area contributed by atoms with Crippen LogP contribution in [0.3, 0.4) is 0 Å². The van der Waals surface area contributed by atoms with Gasteiger partial charge in [0, 0.05) is 23.9 Å². The van der Waals surface area contributed by atoms with Gasteiger partial charge in [-0.3, -0.25) is 4.79 Å². The summed E-state index contributed by atoms with van der Waals surface area (Å²) in [5.41, 5.74) is 0.241. The molecule has 1 aromatic heterocycles. The topological polar surface area (TPSA) is 65.8 Å². The summed E-state index contributed by atoms with van der Waals surface area (Å²) in [5.74, 6) is -1.17. The van der Waals surface area contributed by atoms with Gasteiger partial charge in [0.1, 0.15) is 0 Å². The molecule has 0 unspecified atom stereocenters. The number of carbonyl (C=O) groups excluding carboxylic acids is 1. The number of nitrogens with one attached hydrogen (secondary N) is 1. The summed E-state index contributed by atoms with van der Waals surface area (Å²) in [6.45, 7) is 0. The molecule has 0 saturated heterocycles. The third-order valence-electron chi connectivity index (χ3n) is 3.24. The van der Waals surface area contributed by atoms with Gasteiger partial charge >= 0.3 is 0 Å². The van der Waals surface area contributed by atoms with Crippen molar-refractivity contribution >= 4 is 5.91 Å². The summed E-state index contributed by atoms with van der Waals surface area (Å²) in [4.78, 5) is 15.3. The second-order valence-corrected chi connectivity index (χ2v) is 4.47. The van der Waals surface area contributed by atoms with Crippen molar-refractivity contribution in [2.75, 3.05) is 0 Å². The molecule has 2 rings (SSSR count). The highest BCUT2D eigenvalue weighted by atomic mass is 19.1. The summed E-state index contributed by atoms with van der Waals surface area (Å²) >= 11 is 0. The number of rotatable bonds is 2. The Balaban J connectivity index is 2.05. The Morgan fingerprint density at radius 3 is 3.00 bits per heavy atom. The highest BCUT2D eigenvalue weighted by molar-refractivity contribution is 5.94. The second-order valence-electron chi connectivity index (χ2n) is 4.47. The van der Waals surface area contributed by atoms with E-state index in [9.17, 15) is 9.18 Å². The van der Waals surface area contributed by atoms with Gasteiger partial charge in [-0.2, -0.15) is 9.65 Å². The number of halogens is 1. The minimum Gasteiger partial charge on any atom is -0.348 e. The zero-order valence-electron chi connectivity index (χ0n) is 9.90. The lowest BCUT2D eigenvalue weighted by molar-refractivity contribution is 0.0916. The maximum Gasteiger partial charge on any atom is 0.251 e. The lowest BCUT2D eigenvalue weighted by atomic mass is 9.85. The highest BCUT2D eigenvalue weighted by Gasteiger charge is 2.26. The predicted molar refractivity (Wildman–Crippen MR) is 63.0 cm³/mol. The molecule has 18 heavy (non-hydrogen) atoms. The van der Waals surface area contributed by atoms with E-state index in [1.54, 1.807) is 0 Å². The lowest BCUT2D eigenvalue weighted by Crippen LogP contribution is -2.41. The maximum atomic E-state index is 12.9. The fourth-order valence-electron chi connectivity index (χ4n) is 2.25. The van der Waals surface area contributed by atoms with Crippen LogP contribution in [-0.2, 0) is 0 Å². The number of pyridine rings is 1. The van der Waals surface area contributed by atoms with Crippen molar-refractivity contribution in [2.45, 2.75) is 31.7 Å². The molecule has 2 atom stereocenters. The average Bonchev–Trinajstić information content (AvgIpc) is 2.39. The summed E-state index contributed by atoms with van der Waals surface area (Å²) < 4.78 is 12.9. The molecule has 1 aromatic rings. The smallest absolute Gasteiger partial charge is 0.251 e. The molecule has 0 radical (unpaired) electrons. The largest absolute Gasteiger partial charge is 0.348 e. The van der Waals surface area contributed by atoms with E-state index in [-0.39, 0.29) is 23.4 Å². The van der Waals surface area contributed by atoms with Gasteiger partial charge in [0.2, 0.25) is 5.95 Å². The van der Waals surface area contributed by atoms with E-state index in [0.29, 0.717) is 0 Å². The van der Waals surface area contributed by atoms with Crippen molar-refractivity contribution in [1.82, 2.24) is 10.3 Å². The van der Waals surface area contributed by atoms with Crippen LogP contribution in [0.5, 0.6) is 0 Å². The van der Waals surface area contributed by atoms with Gasteiger partial charge in [-0.25, -0.2) is 4.98 Å². The lowest BCUT2D eigenvalue weighted by Gasteiger charge is -2.27. The number of carbonyl (C=O) groups is 1. The van der Waals surface area contributed by atoms with Gasteiger partial charge in [-0.05, 0) is 18.9 Å².